The maximum Gasteiger partial charge on any atom is 0.265 e. The molecule has 0 saturated carbocycles. The van der Waals surface area contributed by atoms with Gasteiger partial charge in [-0.1, -0.05) is 74.3 Å². The second-order valence-electron chi connectivity index (χ2n) is 9.49. The van der Waals surface area contributed by atoms with Gasteiger partial charge < -0.3 is 10.2 Å². The van der Waals surface area contributed by atoms with Gasteiger partial charge in [-0.15, -0.1) is 0 Å². The van der Waals surface area contributed by atoms with Crippen LogP contribution in [0.1, 0.15) is 51.5 Å². The van der Waals surface area contributed by atoms with Gasteiger partial charge in [-0.25, -0.2) is 8.42 Å². The van der Waals surface area contributed by atoms with Crippen molar-refractivity contribution in [2.45, 2.75) is 63.4 Å². The Morgan fingerprint density at radius 3 is 2.45 bits per heavy atom. The highest BCUT2D eigenvalue weighted by molar-refractivity contribution is 7.93. The van der Waals surface area contributed by atoms with Crippen molar-refractivity contribution in [1.82, 2.24) is 10.2 Å². The van der Waals surface area contributed by atoms with Crippen molar-refractivity contribution < 1.29 is 18.0 Å². The Morgan fingerprint density at radius 1 is 1.00 bits per heavy atom. The Balaban J connectivity index is 1.51. The number of hydrogen-bond donors (Lipinski definition) is 1. The molecule has 3 aromatic carbocycles. The van der Waals surface area contributed by atoms with Crippen LogP contribution in [0.4, 0.5) is 5.69 Å². The van der Waals surface area contributed by atoms with Crippen LogP contribution in [0.25, 0.3) is 10.8 Å². The molecule has 9 heteroatoms. The van der Waals surface area contributed by atoms with Gasteiger partial charge >= 0.3 is 0 Å². The second kappa shape index (κ2) is 12.2. The van der Waals surface area contributed by atoms with Crippen molar-refractivity contribution in [3.8, 4) is 0 Å². The molecule has 0 aliphatic carbocycles. The van der Waals surface area contributed by atoms with Crippen LogP contribution < -0.4 is 9.62 Å². The number of benzene rings is 3. The van der Waals surface area contributed by atoms with Gasteiger partial charge in [-0.05, 0) is 48.4 Å². The number of unbranched alkanes of at least 4 members (excludes halogenated alkanes) is 1. The fourth-order valence-electron chi connectivity index (χ4n) is 4.95. The first-order chi connectivity index (χ1) is 18.3. The molecule has 1 unspecified atom stereocenters. The van der Waals surface area contributed by atoms with E-state index in [9.17, 15) is 18.0 Å². The van der Waals surface area contributed by atoms with Crippen molar-refractivity contribution in [2.24, 2.45) is 0 Å². The van der Waals surface area contributed by atoms with Crippen molar-refractivity contribution >= 4 is 49.9 Å². The van der Waals surface area contributed by atoms with E-state index in [0.29, 0.717) is 35.0 Å². The Kier molecular flexibility index (Phi) is 8.95. The maximum absolute atomic E-state index is 13.6. The van der Waals surface area contributed by atoms with Gasteiger partial charge in [0.25, 0.3) is 10.0 Å². The minimum Gasteiger partial charge on any atom is -0.354 e. The molecule has 38 heavy (non-hydrogen) atoms. The van der Waals surface area contributed by atoms with E-state index in [1.807, 2.05) is 43.3 Å². The van der Waals surface area contributed by atoms with E-state index in [1.165, 1.54) is 4.31 Å². The normalized spacial score (nSPS) is 14.4. The summed E-state index contributed by atoms with van der Waals surface area (Å²) in [4.78, 5) is 28.5. The summed E-state index contributed by atoms with van der Waals surface area (Å²) < 4.78 is 28.0. The number of rotatable bonds is 12. The molecule has 4 rings (SSSR count). The monoisotopic (exact) mass is 555 g/mol. The molecule has 0 spiro atoms. The molecular formula is C29H34ClN3O4S. The molecule has 0 saturated heterocycles. The number of nitrogens with zero attached hydrogens (tertiary/aromatic N) is 2. The topological polar surface area (TPSA) is 86.8 Å². The third kappa shape index (κ3) is 5.66. The molecule has 1 aliphatic rings. The first-order valence-electron chi connectivity index (χ1n) is 13.1. The summed E-state index contributed by atoms with van der Waals surface area (Å²) in [5.41, 5.74) is 1.40. The maximum atomic E-state index is 13.6. The molecule has 0 aromatic heterocycles. The zero-order valence-electron chi connectivity index (χ0n) is 21.8. The van der Waals surface area contributed by atoms with Crippen molar-refractivity contribution in [1.29, 1.82) is 0 Å². The summed E-state index contributed by atoms with van der Waals surface area (Å²) in [6.45, 7) is 4.85. The van der Waals surface area contributed by atoms with Gasteiger partial charge in [-0.2, -0.15) is 0 Å². The number of sulfonamides is 1. The zero-order chi connectivity index (χ0) is 27.3. The van der Waals surface area contributed by atoms with Gasteiger partial charge in [0.1, 0.15) is 6.04 Å². The Morgan fingerprint density at radius 2 is 1.74 bits per heavy atom. The van der Waals surface area contributed by atoms with Crippen LogP contribution >= 0.6 is 11.6 Å². The van der Waals surface area contributed by atoms with E-state index < -0.39 is 16.1 Å². The largest absolute Gasteiger partial charge is 0.354 e. The third-order valence-corrected chi connectivity index (χ3v) is 9.17. The molecule has 1 N–H and O–H groups in total. The van der Waals surface area contributed by atoms with Crippen molar-refractivity contribution in [3.63, 3.8) is 0 Å². The summed E-state index contributed by atoms with van der Waals surface area (Å²) in [5, 5.41) is 5.07. The number of nitrogens with one attached hydrogen (secondary N) is 1. The van der Waals surface area contributed by atoms with Crippen LogP contribution in [0.3, 0.4) is 0 Å². The molecule has 202 valence electrons. The van der Waals surface area contributed by atoms with Crippen LogP contribution in [0, 0.1) is 0 Å². The van der Waals surface area contributed by atoms with E-state index in [2.05, 4.69) is 12.2 Å². The minimum atomic E-state index is -3.69. The van der Waals surface area contributed by atoms with Gasteiger partial charge in [0.15, 0.2) is 0 Å². The standard InChI is InChI=1S/C29H34ClN3O4S/c1-3-5-18-31-29(35)24(4-2)32(20-22-11-6-7-14-23(22)30)27(34)17-10-19-33-25-15-8-12-21-13-9-16-26(28(21)25)38(33,36)37/h6-9,11-16,24H,3-5,10,17-20H2,1-2H3,(H,31,35). The smallest absolute Gasteiger partial charge is 0.265 e. The fraction of sp³-hybridized carbons (Fsp3) is 0.379. The Bertz CT molecular complexity index is 1420. The minimum absolute atomic E-state index is 0.0987. The van der Waals surface area contributed by atoms with Gasteiger partial charge in [-0.3, -0.25) is 13.9 Å². The summed E-state index contributed by atoms with van der Waals surface area (Å²) >= 11 is 6.40. The number of anilines is 1. The van der Waals surface area contributed by atoms with E-state index in [0.717, 1.165) is 29.2 Å². The molecule has 2 amide bonds. The first-order valence-corrected chi connectivity index (χ1v) is 15.0. The highest BCUT2D eigenvalue weighted by Crippen LogP contribution is 2.42. The average Bonchev–Trinajstić information content (AvgIpc) is 3.13. The lowest BCUT2D eigenvalue weighted by atomic mass is 10.1. The highest BCUT2D eigenvalue weighted by Gasteiger charge is 2.35. The summed E-state index contributed by atoms with van der Waals surface area (Å²) in [6.07, 6.45) is 2.68. The molecular weight excluding hydrogens is 522 g/mol. The predicted molar refractivity (Wildman–Crippen MR) is 152 cm³/mol. The SMILES string of the molecule is CCCCNC(=O)C(CC)N(Cc1ccccc1Cl)C(=O)CCCN1c2cccc3cccc(c23)S1(=O)=O. The van der Waals surface area contributed by atoms with Crippen LogP contribution in [0.2, 0.25) is 5.02 Å². The quantitative estimate of drug-likeness (QED) is 0.299. The molecule has 1 aliphatic heterocycles. The zero-order valence-corrected chi connectivity index (χ0v) is 23.4. The van der Waals surface area contributed by atoms with Gasteiger partial charge in [0.2, 0.25) is 11.8 Å². The van der Waals surface area contributed by atoms with Gasteiger partial charge in [0.05, 0.1) is 10.6 Å². The van der Waals surface area contributed by atoms with Crippen molar-refractivity contribution in [3.05, 3.63) is 71.2 Å². The lowest BCUT2D eigenvalue weighted by Crippen LogP contribution is -2.49. The van der Waals surface area contributed by atoms with Crippen LogP contribution in [0.15, 0.2) is 65.6 Å². The first kappa shape index (κ1) is 27.9. The second-order valence-corrected chi connectivity index (χ2v) is 11.7. The van der Waals surface area contributed by atoms with E-state index in [-0.39, 0.29) is 31.3 Å². The molecule has 1 heterocycles. The molecule has 0 bridgehead atoms. The number of carbonyl (C=O) groups excluding carboxylic acids is 2. The lowest BCUT2D eigenvalue weighted by Gasteiger charge is -2.31. The molecule has 3 aromatic rings. The molecule has 7 nitrogen and oxygen atoms in total. The summed E-state index contributed by atoms with van der Waals surface area (Å²) in [7, 11) is -3.69. The average molecular weight is 556 g/mol. The van der Waals surface area contributed by atoms with E-state index in [1.54, 1.807) is 29.2 Å². The Hall–Kier alpha value is -3.10. The van der Waals surface area contributed by atoms with Gasteiger partial charge in [0, 0.05) is 36.5 Å². The molecule has 0 fully saturated rings. The summed E-state index contributed by atoms with van der Waals surface area (Å²) in [5.74, 6) is -0.402. The van der Waals surface area contributed by atoms with E-state index in [4.69, 9.17) is 11.6 Å². The molecule has 0 radical (unpaired) electrons. The summed E-state index contributed by atoms with van der Waals surface area (Å²) in [6, 6.07) is 17.4. The third-order valence-electron chi connectivity index (χ3n) is 6.95. The molecule has 1 atom stereocenters. The van der Waals surface area contributed by atoms with Crippen LogP contribution in [-0.2, 0) is 26.2 Å². The van der Waals surface area contributed by atoms with Crippen LogP contribution in [0.5, 0.6) is 0 Å². The number of carbonyl (C=O) groups is 2. The fourth-order valence-corrected chi connectivity index (χ4v) is 6.90. The predicted octanol–water partition coefficient (Wildman–Crippen LogP) is 5.51. The number of halogens is 1. The number of hydrogen-bond acceptors (Lipinski definition) is 4. The van der Waals surface area contributed by atoms with Crippen LogP contribution in [-0.4, -0.2) is 44.3 Å². The Labute approximate surface area is 229 Å². The van der Waals surface area contributed by atoms with E-state index >= 15 is 0 Å². The number of amides is 2. The van der Waals surface area contributed by atoms with Crippen molar-refractivity contribution in [2.75, 3.05) is 17.4 Å². The highest BCUT2D eigenvalue weighted by atomic mass is 35.5. The lowest BCUT2D eigenvalue weighted by molar-refractivity contribution is -0.141.